The fourth-order valence-electron chi connectivity index (χ4n) is 2.27. The number of sulfone groups is 1. The highest BCUT2D eigenvalue weighted by Gasteiger charge is 2.31. The fraction of sp³-hybridized carbons (Fsp3) is 0.222. The normalized spacial score (nSPS) is 17.8. The van der Waals surface area contributed by atoms with E-state index in [0.29, 0.717) is 12.4 Å². The molecule has 1 fully saturated rings. The maximum absolute atomic E-state index is 12.3. The van der Waals surface area contributed by atoms with Gasteiger partial charge in [-0.05, 0) is 54.6 Å². The van der Waals surface area contributed by atoms with Gasteiger partial charge in [-0.1, -0.05) is 0 Å². The molecule has 0 spiro atoms. The quantitative estimate of drug-likeness (QED) is 0.708. The first kappa shape index (κ1) is 20.2. The minimum atomic E-state index is -4.77. The van der Waals surface area contributed by atoms with E-state index in [1.54, 1.807) is 0 Å². The third-order valence-electron chi connectivity index (χ3n) is 3.57. The number of benzene rings is 2. The van der Waals surface area contributed by atoms with Crippen LogP contribution in [-0.4, -0.2) is 34.3 Å². The molecule has 0 unspecified atom stereocenters. The molecule has 0 N–H and O–H groups in total. The SMILES string of the molecule is O=S(=O)(/C=C/[C@H]1COCO1)c1ccc(Oc2ccc(OC(F)(F)F)cc2)cc1. The summed E-state index contributed by atoms with van der Waals surface area (Å²) in [6.07, 6.45) is -3.76. The van der Waals surface area contributed by atoms with Crippen molar-refractivity contribution in [1.29, 1.82) is 0 Å². The van der Waals surface area contributed by atoms with Gasteiger partial charge in [-0.25, -0.2) is 8.42 Å². The Labute approximate surface area is 159 Å². The van der Waals surface area contributed by atoms with Gasteiger partial charge < -0.3 is 18.9 Å². The standard InChI is InChI=1S/C18H15F3O6S/c19-18(20,21)27-15-3-1-13(2-4-15)26-14-5-7-17(8-6-14)28(22,23)10-9-16-11-24-12-25-16/h1-10,16H,11-12H2/b10-9+/t16-/m0/s1. The van der Waals surface area contributed by atoms with Crippen molar-refractivity contribution in [3.8, 4) is 17.2 Å². The maximum Gasteiger partial charge on any atom is 0.573 e. The van der Waals surface area contributed by atoms with Crippen molar-refractivity contribution in [3.63, 3.8) is 0 Å². The van der Waals surface area contributed by atoms with Crippen LogP contribution in [0.15, 0.2) is 64.9 Å². The zero-order valence-corrected chi connectivity index (χ0v) is 15.1. The summed E-state index contributed by atoms with van der Waals surface area (Å²) in [6.45, 7) is 0.427. The molecule has 0 aliphatic carbocycles. The molecule has 1 saturated heterocycles. The van der Waals surface area contributed by atoms with Gasteiger partial charge in [-0.15, -0.1) is 13.2 Å². The minimum Gasteiger partial charge on any atom is -0.457 e. The Kier molecular flexibility index (Phi) is 5.92. The van der Waals surface area contributed by atoms with Gasteiger partial charge in [0.25, 0.3) is 0 Å². The molecular formula is C18H15F3O6S. The zero-order valence-electron chi connectivity index (χ0n) is 14.3. The largest absolute Gasteiger partial charge is 0.573 e. The summed E-state index contributed by atoms with van der Waals surface area (Å²) in [4.78, 5) is 0.0592. The van der Waals surface area contributed by atoms with Gasteiger partial charge in [-0.2, -0.15) is 0 Å². The first-order chi connectivity index (χ1) is 13.2. The maximum atomic E-state index is 12.3. The zero-order chi connectivity index (χ0) is 20.2. The lowest BCUT2D eigenvalue weighted by Crippen LogP contribution is -2.16. The molecule has 1 aliphatic rings. The van der Waals surface area contributed by atoms with Gasteiger partial charge in [0.2, 0.25) is 0 Å². The van der Waals surface area contributed by atoms with Gasteiger partial charge in [-0.3, -0.25) is 0 Å². The molecule has 150 valence electrons. The van der Waals surface area contributed by atoms with Crippen LogP contribution < -0.4 is 9.47 Å². The van der Waals surface area contributed by atoms with E-state index in [9.17, 15) is 21.6 Å². The Hall–Kier alpha value is -2.56. The van der Waals surface area contributed by atoms with Gasteiger partial charge in [0.05, 0.1) is 11.5 Å². The van der Waals surface area contributed by atoms with E-state index in [2.05, 4.69) is 4.74 Å². The van der Waals surface area contributed by atoms with Crippen LogP contribution in [0.3, 0.4) is 0 Å². The summed E-state index contributed by atoms with van der Waals surface area (Å²) in [5.41, 5.74) is 0. The van der Waals surface area contributed by atoms with Crippen molar-refractivity contribution in [1.82, 2.24) is 0 Å². The van der Waals surface area contributed by atoms with E-state index in [-0.39, 0.29) is 23.2 Å². The summed E-state index contributed by atoms with van der Waals surface area (Å²) in [5, 5.41) is 1.06. The molecule has 28 heavy (non-hydrogen) atoms. The Balaban J connectivity index is 1.64. The first-order valence-corrected chi connectivity index (χ1v) is 9.52. The molecule has 0 radical (unpaired) electrons. The molecule has 0 bridgehead atoms. The average Bonchev–Trinajstić information content (AvgIpc) is 3.15. The molecule has 1 heterocycles. The van der Waals surface area contributed by atoms with Crippen LogP contribution in [0, 0.1) is 0 Å². The molecule has 10 heteroatoms. The van der Waals surface area contributed by atoms with Crippen LogP contribution in [0.1, 0.15) is 0 Å². The average molecular weight is 416 g/mol. The van der Waals surface area contributed by atoms with Crippen LogP contribution in [-0.2, 0) is 19.3 Å². The predicted molar refractivity (Wildman–Crippen MR) is 91.7 cm³/mol. The van der Waals surface area contributed by atoms with Crippen molar-refractivity contribution in [2.45, 2.75) is 17.4 Å². The van der Waals surface area contributed by atoms with E-state index in [1.165, 1.54) is 42.5 Å². The molecule has 1 atom stereocenters. The highest BCUT2D eigenvalue weighted by atomic mass is 32.2. The third kappa shape index (κ3) is 5.72. The van der Waals surface area contributed by atoms with Crippen molar-refractivity contribution in [3.05, 3.63) is 60.0 Å². The lowest BCUT2D eigenvalue weighted by molar-refractivity contribution is -0.274. The lowest BCUT2D eigenvalue weighted by atomic mass is 10.3. The number of hydrogen-bond acceptors (Lipinski definition) is 6. The second kappa shape index (κ2) is 8.21. The Morgan fingerprint density at radius 3 is 2.07 bits per heavy atom. The van der Waals surface area contributed by atoms with Crippen LogP contribution in [0.5, 0.6) is 17.2 Å². The second-order valence-electron chi connectivity index (χ2n) is 5.66. The summed E-state index contributed by atoms with van der Waals surface area (Å²) < 4.78 is 80.4. The van der Waals surface area contributed by atoms with Crippen LogP contribution in [0.4, 0.5) is 13.2 Å². The molecule has 0 amide bonds. The van der Waals surface area contributed by atoms with Crippen molar-refractivity contribution in [2.24, 2.45) is 0 Å². The summed E-state index contributed by atoms with van der Waals surface area (Å²) in [7, 11) is -3.66. The highest BCUT2D eigenvalue weighted by Crippen LogP contribution is 2.28. The first-order valence-electron chi connectivity index (χ1n) is 7.98. The third-order valence-corrected chi connectivity index (χ3v) is 5.01. The van der Waals surface area contributed by atoms with Gasteiger partial charge in [0.1, 0.15) is 30.1 Å². The number of rotatable bonds is 6. The van der Waals surface area contributed by atoms with Crippen LogP contribution in [0.25, 0.3) is 0 Å². The topological polar surface area (TPSA) is 71.1 Å². The van der Waals surface area contributed by atoms with Crippen LogP contribution >= 0.6 is 0 Å². The smallest absolute Gasteiger partial charge is 0.457 e. The van der Waals surface area contributed by atoms with E-state index >= 15 is 0 Å². The Morgan fingerprint density at radius 2 is 1.54 bits per heavy atom. The van der Waals surface area contributed by atoms with Crippen LogP contribution in [0.2, 0.25) is 0 Å². The van der Waals surface area contributed by atoms with E-state index < -0.39 is 22.3 Å². The predicted octanol–water partition coefficient (Wildman–Crippen LogP) is 4.04. The van der Waals surface area contributed by atoms with Crippen molar-refractivity contribution in [2.75, 3.05) is 13.4 Å². The highest BCUT2D eigenvalue weighted by molar-refractivity contribution is 7.94. The molecule has 2 aromatic rings. The van der Waals surface area contributed by atoms with E-state index in [0.717, 1.165) is 17.5 Å². The number of halogens is 3. The van der Waals surface area contributed by atoms with Crippen molar-refractivity contribution < 1.29 is 40.5 Å². The molecule has 1 aliphatic heterocycles. The monoisotopic (exact) mass is 416 g/mol. The van der Waals surface area contributed by atoms with Gasteiger partial charge in [0.15, 0.2) is 9.84 Å². The fourth-order valence-corrected chi connectivity index (χ4v) is 3.33. The van der Waals surface area contributed by atoms with E-state index in [4.69, 9.17) is 14.2 Å². The lowest BCUT2D eigenvalue weighted by Gasteiger charge is -2.10. The van der Waals surface area contributed by atoms with Gasteiger partial charge >= 0.3 is 6.36 Å². The van der Waals surface area contributed by atoms with E-state index in [1.807, 2.05) is 0 Å². The molecule has 2 aromatic carbocycles. The molecule has 3 rings (SSSR count). The number of ether oxygens (including phenoxy) is 4. The van der Waals surface area contributed by atoms with Crippen molar-refractivity contribution >= 4 is 9.84 Å². The Morgan fingerprint density at radius 1 is 0.964 bits per heavy atom. The molecule has 0 saturated carbocycles. The molecule has 0 aromatic heterocycles. The number of hydrogen-bond donors (Lipinski definition) is 0. The second-order valence-corrected chi connectivity index (χ2v) is 7.49. The minimum absolute atomic E-state index is 0.0592. The molecule has 6 nitrogen and oxygen atoms in total. The summed E-state index contributed by atoms with van der Waals surface area (Å²) in [5.74, 6) is 0.216. The molecular weight excluding hydrogens is 401 g/mol. The number of alkyl halides is 3. The summed E-state index contributed by atoms with van der Waals surface area (Å²) >= 11 is 0. The Bertz CT molecular complexity index is 915. The van der Waals surface area contributed by atoms with Gasteiger partial charge in [0, 0.05) is 5.41 Å². The summed E-state index contributed by atoms with van der Waals surface area (Å²) in [6, 6.07) is 10.4.